The van der Waals surface area contributed by atoms with E-state index in [2.05, 4.69) is 18.8 Å². The van der Waals surface area contributed by atoms with Gasteiger partial charge >= 0.3 is 5.97 Å². The number of aryl methyl sites for hydroxylation is 1. The Hall–Kier alpha value is -1.43. The second kappa shape index (κ2) is 6.65. The van der Waals surface area contributed by atoms with E-state index >= 15 is 0 Å². The maximum atomic E-state index is 12.4. The summed E-state index contributed by atoms with van der Waals surface area (Å²) in [5, 5.41) is 9.66. The minimum atomic E-state index is -0.998. The number of carbonyl (C=O) groups is 2. The number of amides is 1. The minimum absolute atomic E-state index is 0.230. The number of hydrogen-bond donors (Lipinski definition) is 1. The molecule has 0 unspecified atom stereocenters. The number of aromatic nitrogens is 1. The molecule has 0 aliphatic heterocycles. The fourth-order valence-corrected chi connectivity index (χ4v) is 2.71. The van der Waals surface area contributed by atoms with E-state index in [0.29, 0.717) is 17.3 Å². The summed E-state index contributed by atoms with van der Waals surface area (Å²) in [5.74, 6) is -0.824. The summed E-state index contributed by atoms with van der Waals surface area (Å²) in [5.41, 5.74) is 0.784. The van der Waals surface area contributed by atoms with Gasteiger partial charge in [-0.25, -0.2) is 4.98 Å². The normalized spacial score (nSPS) is 10.8. The summed E-state index contributed by atoms with van der Waals surface area (Å²) in [6, 6.07) is 0. The van der Waals surface area contributed by atoms with Crippen molar-refractivity contribution >= 4 is 23.2 Å². The maximum Gasteiger partial charge on any atom is 0.323 e. The predicted molar refractivity (Wildman–Crippen MR) is 74.6 cm³/mol. The molecule has 106 valence electrons. The van der Waals surface area contributed by atoms with E-state index in [1.165, 1.54) is 16.2 Å². The number of nitrogens with zero attached hydrogens (tertiary/aromatic N) is 2. The SMILES string of the molecule is CCN(CC(=O)O)C(=O)c1sc(C)nc1CC(C)C. The number of likely N-dealkylation sites (N-methyl/N-ethyl adjacent to an activating group) is 1. The van der Waals surface area contributed by atoms with Crippen LogP contribution in [0.25, 0.3) is 0 Å². The van der Waals surface area contributed by atoms with E-state index < -0.39 is 5.97 Å². The second-order valence-corrected chi connectivity index (χ2v) is 6.02. The number of carbonyl (C=O) groups excluding carboxylic acids is 1. The molecule has 0 aliphatic rings. The Morgan fingerprint density at radius 1 is 1.42 bits per heavy atom. The number of aliphatic carboxylic acids is 1. The zero-order valence-corrected chi connectivity index (χ0v) is 12.6. The Morgan fingerprint density at radius 2 is 2.05 bits per heavy atom. The molecule has 5 nitrogen and oxygen atoms in total. The van der Waals surface area contributed by atoms with Gasteiger partial charge in [0.05, 0.1) is 10.7 Å². The molecule has 0 spiro atoms. The van der Waals surface area contributed by atoms with Crippen molar-refractivity contribution < 1.29 is 14.7 Å². The molecule has 0 aromatic carbocycles. The zero-order valence-electron chi connectivity index (χ0n) is 11.8. The monoisotopic (exact) mass is 284 g/mol. The van der Waals surface area contributed by atoms with E-state index in [-0.39, 0.29) is 12.5 Å². The van der Waals surface area contributed by atoms with Crippen LogP contribution in [-0.4, -0.2) is 40.0 Å². The van der Waals surface area contributed by atoms with Crippen LogP contribution in [0.1, 0.15) is 41.1 Å². The lowest BCUT2D eigenvalue weighted by atomic mass is 10.1. The van der Waals surface area contributed by atoms with Crippen LogP contribution in [-0.2, 0) is 11.2 Å². The lowest BCUT2D eigenvalue weighted by Crippen LogP contribution is -2.35. The van der Waals surface area contributed by atoms with Crippen LogP contribution in [0.3, 0.4) is 0 Å². The molecule has 0 bridgehead atoms. The van der Waals surface area contributed by atoms with Gasteiger partial charge in [0.25, 0.3) is 5.91 Å². The minimum Gasteiger partial charge on any atom is -0.480 e. The average molecular weight is 284 g/mol. The van der Waals surface area contributed by atoms with Crippen molar-refractivity contribution in [3.63, 3.8) is 0 Å². The van der Waals surface area contributed by atoms with E-state index in [1.807, 2.05) is 6.92 Å². The van der Waals surface area contributed by atoms with Crippen molar-refractivity contribution in [2.45, 2.75) is 34.1 Å². The van der Waals surface area contributed by atoms with Gasteiger partial charge in [-0.1, -0.05) is 13.8 Å². The van der Waals surface area contributed by atoms with Crippen molar-refractivity contribution in [2.75, 3.05) is 13.1 Å². The third-order valence-corrected chi connectivity index (χ3v) is 3.60. The van der Waals surface area contributed by atoms with Crippen LogP contribution in [0.15, 0.2) is 0 Å². The van der Waals surface area contributed by atoms with Gasteiger partial charge in [0.1, 0.15) is 11.4 Å². The van der Waals surface area contributed by atoms with Gasteiger partial charge in [-0.15, -0.1) is 11.3 Å². The molecule has 1 aromatic rings. The van der Waals surface area contributed by atoms with Crippen LogP contribution >= 0.6 is 11.3 Å². The van der Waals surface area contributed by atoms with Gasteiger partial charge in [-0.3, -0.25) is 9.59 Å². The number of carboxylic acids is 1. The molecule has 0 atom stereocenters. The van der Waals surface area contributed by atoms with E-state index in [9.17, 15) is 9.59 Å². The van der Waals surface area contributed by atoms with Crippen molar-refractivity contribution in [3.05, 3.63) is 15.6 Å². The highest BCUT2D eigenvalue weighted by Gasteiger charge is 2.23. The molecule has 1 heterocycles. The highest BCUT2D eigenvalue weighted by atomic mass is 32.1. The first-order valence-corrected chi connectivity index (χ1v) is 7.14. The smallest absolute Gasteiger partial charge is 0.323 e. The van der Waals surface area contributed by atoms with E-state index in [0.717, 1.165) is 17.1 Å². The predicted octanol–water partition coefficient (Wildman–Crippen LogP) is 2.20. The third kappa shape index (κ3) is 4.31. The van der Waals surface area contributed by atoms with Crippen LogP contribution in [0.4, 0.5) is 0 Å². The molecule has 0 saturated carbocycles. The first-order valence-electron chi connectivity index (χ1n) is 6.32. The summed E-state index contributed by atoms with van der Waals surface area (Å²) >= 11 is 1.34. The molecule has 0 radical (unpaired) electrons. The standard InChI is InChI=1S/C13H20N2O3S/c1-5-15(7-11(16)17)13(18)12-10(6-8(2)3)14-9(4)19-12/h8H,5-7H2,1-4H3,(H,16,17). The van der Waals surface area contributed by atoms with Crippen molar-refractivity contribution in [1.29, 1.82) is 0 Å². The molecule has 1 aromatic heterocycles. The van der Waals surface area contributed by atoms with Gasteiger partial charge < -0.3 is 10.0 Å². The highest BCUT2D eigenvalue weighted by Crippen LogP contribution is 2.22. The Morgan fingerprint density at radius 3 is 2.53 bits per heavy atom. The average Bonchev–Trinajstić information content (AvgIpc) is 2.65. The summed E-state index contributed by atoms with van der Waals surface area (Å²) in [7, 11) is 0. The number of thiazole rings is 1. The highest BCUT2D eigenvalue weighted by molar-refractivity contribution is 7.13. The molecule has 0 saturated heterocycles. The molecule has 1 N–H and O–H groups in total. The topological polar surface area (TPSA) is 70.5 Å². The Labute approximate surface area is 117 Å². The molecule has 0 aliphatic carbocycles. The van der Waals surface area contributed by atoms with Gasteiger partial charge in [-0.05, 0) is 26.2 Å². The van der Waals surface area contributed by atoms with Crippen LogP contribution in [0.2, 0.25) is 0 Å². The lowest BCUT2D eigenvalue weighted by molar-refractivity contribution is -0.137. The van der Waals surface area contributed by atoms with E-state index in [4.69, 9.17) is 5.11 Å². The maximum absolute atomic E-state index is 12.4. The fraction of sp³-hybridized carbons (Fsp3) is 0.615. The molecular formula is C13H20N2O3S. The fourth-order valence-electron chi connectivity index (χ4n) is 1.80. The number of carboxylic acid groups (broad SMARTS) is 1. The number of rotatable bonds is 6. The van der Waals surface area contributed by atoms with Gasteiger partial charge in [0.15, 0.2) is 0 Å². The lowest BCUT2D eigenvalue weighted by Gasteiger charge is -2.18. The molecule has 6 heteroatoms. The Balaban J connectivity index is 3.00. The van der Waals surface area contributed by atoms with Crippen molar-refractivity contribution in [2.24, 2.45) is 5.92 Å². The summed E-state index contributed by atoms with van der Waals surface area (Å²) in [6.07, 6.45) is 0.732. The largest absolute Gasteiger partial charge is 0.480 e. The van der Waals surface area contributed by atoms with Crippen LogP contribution in [0.5, 0.6) is 0 Å². The van der Waals surface area contributed by atoms with Gasteiger partial charge in [-0.2, -0.15) is 0 Å². The quantitative estimate of drug-likeness (QED) is 0.869. The van der Waals surface area contributed by atoms with Gasteiger partial charge in [0.2, 0.25) is 0 Å². The Kier molecular flexibility index (Phi) is 5.47. The van der Waals surface area contributed by atoms with E-state index in [1.54, 1.807) is 6.92 Å². The van der Waals surface area contributed by atoms with Crippen LogP contribution in [0, 0.1) is 12.8 Å². The first kappa shape index (κ1) is 15.6. The van der Waals surface area contributed by atoms with Crippen molar-refractivity contribution in [1.82, 2.24) is 9.88 Å². The molecule has 1 amide bonds. The summed E-state index contributed by atoms with van der Waals surface area (Å²) < 4.78 is 0. The second-order valence-electron chi connectivity index (χ2n) is 4.82. The first-order chi connectivity index (χ1) is 8.85. The summed E-state index contributed by atoms with van der Waals surface area (Å²) in [6.45, 7) is 7.88. The van der Waals surface area contributed by atoms with Crippen molar-refractivity contribution in [3.8, 4) is 0 Å². The molecular weight excluding hydrogens is 264 g/mol. The van der Waals surface area contributed by atoms with Gasteiger partial charge in [0, 0.05) is 6.54 Å². The summed E-state index contributed by atoms with van der Waals surface area (Å²) in [4.78, 5) is 29.4. The molecule has 0 fully saturated rings. The Bertz CT molecular complexity index is 468. The molecule has 19 heavy (non-hydrogen) atoms. The number of hydrogen-bond acceptors (Lipinski definition) is 4. The zero-order chi connectivity index (χ0) is 14.6. The third-order valence-electron chi connectivity index (χ3n) is 2.60. The van der Waals surface area contributed by atoms with Crippen LogP contribution < -0.4 is 0 Å². The molecule has 1 rings (SSSR count).